The van der Waals surface area contributed by atoms with E-state index in [1.165, 1.54) is 6.42 Å². The lowest BCUT2D eigenvalue weighted by Crippen LogP contribution is -2.33. The molecule has 0 bridgehead atoms. The fourth-order valence-corrected chi connectivity index (χ4v) is 4.94. The standard InChI is InChI=1S/C13H18N2OS2.ClH/c1-17-11-4-5-18-12(11)13(16)15-6-8-2-3-10(14)9(8)7-15;/h4-5,8-10H,2-3,6-7,14H2,1H3;1H. The first-order valence-electron chi connectivity index (χ1n) is 6.37. The van der Waals surface area contributed by atoms with Crippen molar-refractivity contribution in [2.75, 3.05) is 19.3 Å². The third-order valence-corrected chi connectivity index (χ3v) is 6.05. The average Bonchev–Trinajstić information content (AvgIpc) is 3.05. The summed E-state index contributed by atoms with van der Waals surface area (Å²) in [6.07, 6.45) is 4.34. The Labute approximate surface area is 128 Å². The molecule has 1 saturated carbocycles. The molecule has 2 fully saturated rings. The highest BCUT2D eigenvalue weighted by molar-refractivity contribution is 7.98. The Morgan fingerprint density at radius 2 is 2.26 bits per heavy atom. The Hall–Kier alpha value is -0.230. The molecule has 1 aromatic heterocycles. The number of carbonyl (C=O) groups excluding carboxylic acids is 1. The van der Waals surface area contributed by atoms with Gasteiger partial charge in [0.05, 0.1) is 0 Å². The van der Waals surface area contributed by atoms with Crippen molar-refractivity contribution < 1.29 is 4.79 Å². The number of likely N-dealkylation sites (tertiary alicyclic amines) is 1. The van der Waals surface area contributed by atoms with E-state index in [1.54, 1.807) is 23.1 Å². The lowest BCUT2D eigenvalue weighted by molar-refractivity contribution is 0.0781. The van der Waals surface area contributed by atoms with Gasteiger partial charge >= 0.3 is 0 Å². The van der Waals surface area contributed by atoms with Crippen molar-refractivity contribution in [3.63, 3.8) is 0 Å². The number of nitrogens with two attached hydrogens (primary N) is 1. The molecular formula is C13H19ClN2OS2. The van der Waals surface area contributed by atoms with Gasteiger partial charge in [-0.25, -0.2) is 0 Å². The van der Waals surface area contributed by atoms with E-state index in [2.05, 4.69) is 0 Å². The maximum absolute atomic E-state index is 12.5. The SMILES string of the molecule is CSc1ccsc1C(=O)N1CC2CCC(N)C2C1.Cl. The lowest BCUT2D eigenvalue weighted by Gasteiger charge is -2.18. The summed E-state index contributed by atoms with van der Waals surface area (Å²) >= 11 is 3.20. The topological polar surface area (TPSA) is 46.3 Å². The van der Waals surface area contributed by atoms with Gasteiger partial charge in [-0.3, -0.25) is 4.79 Å². The summed E-state index contributed by atoms with van der Waals surface area (Å²) in [4.78, 5) is 16.5. The molecule has 3 rings (SSSR count). The third-order valence-electron chi connectivity index (χ3n) is 4.24. The summed E-state index contributed by atoms with van der Waals surface area (Å²) in [5, 5.41) is 2.00. The molecule has 3 unspecified atom stereocenters. The van der Waals surface area contributed by atoms with E-state index in [0.717, 1.165) is 29.3 Å². The maximum Gasteiger partial charge on any atom is 0.265 e. The molecule has 0 radical (unpaired) electrons. The van der Waals surface area contributed by atoms with Crippen LogP contribution in [0.15, 0.2) is 16.3 Å². The first-order chi connectivity index (χ1) is 8.70. The van der Waals surface area contributed by atoms with Gasteiger partial charge in [-0.05, 0) is 42.4 Å². The van der Waals surface area contributed by atoms with Gasteiger partial charge in [0.2, 0.25) is 0 Å². The van der Waals surface area contributed by atoms with Crippen LogP contribution in [0.2, 0.25) is 0 Å². The maximum atomic E-state index is 12.5. The van der Waals surface area contributed by atoms with Crippen LogP contribution in [-0.2, 0) is 0 Å². The second-order valence-electron chi connectivity index (χ2n) is 5.19. The first kappa shape index (κ1) is 15.2. The smallest absolute Gasteiger partial charge is 0.265 e. The van der Waals surface area contributed by atoms with E-state index in [1.807, 2.05) is 22.6 Å². The second kappa shape index (κ2) is 6.04. The number of halogens is 1. The summed E-state index contributed by atoms with van der Waals surface area (Å²) < 4.78 is 0. The minimum absolute atomic E-state index is 0. The molecular weight excluding hydrogens is 300 g/mol. The highest BCUT2D eigenvalue weighted by Crippen LogP contribution is 2.38. The molecule has 1 amide bonds. The van der Waals surface area contributed by atoms with Crippen molar-refractivity contribution >= 4 is 41.4 Å². The third kappa shape index (κ3) is 2.66. The van der Waals surface area contributed by atoms with E-state index < -0.39 is 0 Å². The molecule has 2 heterocycles. The summed E-state index contributed by atoms with van der Waals surface area (Å²) in [6.45, 7) is 1.76. The van der Waals surface area contributed by atoms with Crippen LogP contribution in [0.4, 0.5) is 0 Å². The van der Waals surface area contributed by atoms with Crippen LogP contribution in [0.25, 0.3) is 0 Å². The van der Waals surface area contributed by atoms with Gasteiger partial charge in [-0.2, -0.15) is 0 Å². The average molecular weight is 319 g/mol. The molecule has 1 aliphatic heterocycles. The Bertz CT molecular complexity index is 465. The lowest BCUT2D eigenvalue weighted by atomic mass is 9.98. The van der Waals surface area contributed by atoms with Crippen molar-refractivity contribution in [1.82, 2.24) is 4.90 Å². The highest BCUT2D eigenvalue weighted by atomic mass is 35.5. The number of fused-ring (bicyclic) bond motifs is 1. The van der Waals surface area contributed by atoms with Gasteiger partial charge in [-0.1, -0.05) is 0 Å². The summed E-state index contributed by atoms with van der Waals surface area (Å²) in [5.41, 5.74) is 6.12. The highest BCUT2D eigenvalue weighted by Gasteiger charge is 2.42. The van der Waals surface area contributed by atoms with Gasteiger partial charge in [0.25, 0.3) is 5.91 Å². The zero-order valence-corrected chi connectivity index (χ0v) is 13.3. The molecule has 1 aromatic rings. The molecule has 1 aliphatic carbocycles. The summed E-state index contributed by atoms with van der Waals surface area (Å²) in [6, 6.07) is 2.33. The monoisotopic (exact) mass is 318 g/mol. The van der Waals surface area contributed by atoms with Crippen molar-refractivity contribution in [3.8, 4) is 0 Å². The molecule has 2 N–H and O–H groups in total. The Balaban J connectivity index is 0.00000133. The molecule has 19 heavy (non-hydrogen) atoms. The van der Waals surface area contributed by atoms with Crippen LogP contribution in [0.1, 0.15) is 22.5 Å². The fraction of sp³-hybridized carbons (Fsp3) is 0.615. The number of amides is 1. The molecule has 6 heteroatoms. The first-order valence-corrected chi connectivity index (χ1v) is 8.47. The molecule has 3 nitrogen and oxygen atoms in total. The molecule has 0 spiro atoms. The second-order valence-corrected chi connectivity index (χ2v) is 6.96. The number of nitrogens with zero attached hydrogens (tertiary/aromatic N) is 1. The minimum Gasteiger partial charge on any atom is -0.337 e. The number of carbonyl (C=O) groups is 1. The number of rotatable bonds is 2. The van der Waals surface area contributed by atoms with Crippen molar-refractivity contribution in [3.05, 3.63) is 16.3 Å². The van der Waals surface area contributed by atoms with E-state index in [9.17, 15) is 4.79 Å². The van der Waals surface area contributed by atoms with Crippen LogP contribution >= 0.6 is 35.5 Å². The van der Waals surface area contributed by atoms with Gasteiger partial charge in [0.15, 0.2) is 0 Å². The molecule has 106 valence electrons. The Morgan fingerprint density at radius 1 is 1.47 bits per heavy atom. The fourth-order valence-electron chi connectivity index (χ4n) is 3.23. The van der Waals surface area contributed by atoms with Crippen LogP contribution in [0.3, 0.4) is 0 Å². The number of thioether (sulfide) groups is 1. The van der Waals surface area contributed by atoms with E-state index in [-0.39, 0.29) is 18.3 Å². The molecule has 0 aromatic carbocycles. The van der Waals surface area contributed by atoms with E-state index >= 15 is 0 Å². The Kier molecular flexibility index (Phi) is 4.82. The predicted molar refractivity (Wildman–Crippen MR) is 83.4 cm³/mol. The zero-order valence-electron chi connectivity index (χ0n) is 10.9. The van der Waals surface area contributed by atoms with Crippen LogP contribution in [-0.4, -0.2) is 36.2 Å². The van der Waals surface area contributed by atoms with Crippen LogP contribution < -0.4 is 5.73 Å². The molecule has 1 saturated heterocycles. The largest absolute Gasteiger partial charge is 0.337 e. The molecule has 2 aliphatic rings. The van der Waals surface area contributed by atoms with E-state index in [0.29, 0.717) is 17.9 Å². The van der Waals surface area contributed by atoms with Crippen LogP contribution in [0.5, 0.6) is 0 Å². The zero-order chi connectivity index (χ0) is 12.7. The Morgan fingerprint density at radius 3 is 2.95 bits per heavy atom. The quantitative estimate of drug-likeness (QED) is 0.853. The number of hydrogen-bond donors (Lipinski definition) is 1. The summed E-state index contributed by atoms with van der Waals surface area (Å²) in [5.74, 6) is 1.38. The van der Waals surface area contributed by atoms with Crippen LogP contribution in [0, 0.1) is 11.8 Å². The van der Waals surface area contributed by atoms with Gasteiger partial charge in [0, 0.05) is 24.0 Å². The number of thiophene rings is 1. The van der Waals surface area contributed by atoms with E-state index in [4.69, 9.17) is 5.73 Å². The minimum atomic E-state index is 0. The number of hydrogen-bond acceptors (Lipinski definition) is 4. The predicted octanol–water partition coefficient (Wildman–Crippen LogP) is 2.70. The normalized spacial score (nSPS) is 29.2. The van der Waals surface area contributed by atoms with Gasteiger partial charge in [-0.15, -0.1) is 35.5 Å². The van der Waals surface area contributed by atoms with Crippen molar-refractivity contribution in [1.29, 1.82) is 0 Å². The van der Waals surface area contributed by atoms with Gasteiger partial charge < -0.3 is 10.6 Å². The van der Waals surface area contributed by atoms with Crippen molar-refractivity contribution in [2.45, 2.75) is 23.8 Å². The van der Waals surface area contributed by atoms with Crippen molar-refractivity contribution in [2.24, 2.45) is 17.6 Å². The molecule has 3 atom stereocenters. The summed E-state index contributed by atoms with van der Waals surface area (Å²) in [7, 11) is 0. The van der Waals surface area contributed by atoms with Gasteiger partial charge in [0.1, 0.15) is 4.88 Å².